The van der Waals surface area contributed by atoms with Crippen molar-refractivity contribution in [2.75, 3.05) is 0 Å². The molecule has 3 nitrogen and oxygen atoms in total. The fourth-order valence-corrected chi connectivity index (χ4v) is 3.98. The topological polar surface area (TPSA) is 41.6 Å². The number of para-hydroxylation sites is 2. The lowest BCUT2D eigenvalue weighted by Crippen LogP contribution is -1.89. The number of benzene rings is 3. The zero-order valence-corrected chi connectivity index (χ0v) is 14.5. The van der Waals surface area contributed by atoms with E-state index in [-0.39, 0.29) is 0 Å². The zero-order chi connectivity index (χ0) is 17.8. The van der Waals surface area contributed by atoms with E-state index in [1.165, 1.54) is 10.8 Å². The fraction of sp³-hybridized carbons (Fsp3) is 0. The summed E-state index contributed by atoms with van der Waals surface area (Å²) >= 11 is 0. The summed E-state index contributed by atoms with van der Waals surface area (Å²) in [5.41, 5.74) is 6.33. The Labute approximate surface area is 155 Å². The summed E-state index contributed by atoms with van der Waals surface area (Å²) in [7, 11) is 0. The number of pyridine rings is 2. The molecule has 3 heteroatoms. The Morgan fingerprint density at radius 1 is 0.667 bits per heavy atom. The Morgan fingerprint density at radius 3 is 2.52 bits per heavy atom. The van der Waals surface area contributed by atoms with Crippen molar-refractivity contribution in [2.24, 2.45) is 0 Å². The maximum absolute atomic E-state index is 5.03. The van der Waals surface area contributed by atoms with Gasteiger partial charge in [0, 0.05) is 38.8 Å². The van der Waals surface area contributed by atoms with Crippen LogP contribution >= 0.6 is 0 Å². The second-order valence-corrected chi connectivity index (χ2v) is 6.80. The van der Waals surface area contributed by atoms with E-state index in [1.807, 2.05) is 12.3 Å². The van der Waals surface area contributed by atoms with Gasteiger partial charge in [0.05, 0.1) is 22.2 Å². The average Bonchev–Trinajstić information content (AvgIpc) is 3.12. The van der Waals surface area contributed by atoms with Crippen LogP contribution in [0.15, 0.2) is 85.1 Å². The van der Waals surface area contributed by atoms with E-state index in [1.54, 1.807) is 0 Å². The molecule has 0 fully saturated rings. The van der Waals surface area contributed by atoms with Gasteiger partial charge >= 0.3 is 0 Å². The molecule has 3 aromatic heterocycles. The van der Waals surface area contributed by atoms with E-state index in [9.17, 15) is 0 Å². The standard InChI is InChI=1S/C24H15N3/c1-2-9-21-16(5-1)17-6-3-7-19(24(17)27-21)22-13-11-15-10-12-20-18(23(15)26-22)8-4-14-25-20/h1-14,27H. The number of hydrogen-bond donors (Lipinski definition) is 1. The van der Waals surface area contributed by atoms with E-state index in [0.29, 0.717) is 0 Å². The van der Waals surface area contributed by atoms with E-state index < -0.39 is 0 Å². The van der Waals surface area contributed by atoms with Crippen LogP contribution in [-0.4, -0.2) is 15.0 Å². The Kier molecular flexibility index (Phi) is 2.88. The molecule has 0 aliphatic heterocycles. The maximum atomic E-state index is 5.03. The van der Waals surface area contributed by atoms with Gasteiger partial charge in [-0.3, -0.25) is 4.98 Å². The first kappa shape index (κ1) is 14.4. The number of hydrogen-bond acceptors (Lipinski definition) is 2. The molecule has 3 heterocycles. The van der Waals surface area contributed by atoms with Gasteiger partial charge in [-0.2, -0.15) is 0 Å². The number of rotatable bonds is 1. The number of aromatic amines is 1. The van der Waals surface area contributed by atoms with Crippen LogP contribution in [0.25, 0.3) is 54.9 Å². The minimum atomic E-state index is 0.969. The van der Waals surface area contributed by atoms with Crippen molar-refractivity contribution in [1.29, 1.82) is 0 Å². The number of fused-ring (bicyclic) bond motifs is 6. The van der Waals surface area contributed by atoms with Crippen LogP contribution in [0.4, 0.5) is 0 Å². The van der Waals surface area contributed by atoms with Crippen molar-refractivity contribution in [1.82, 2.24) is 15.0 Å². The van der Waals surface area contributed by atoms with Gasteiger partial charge in [0.25, 0.3) is 0 Å². The summed E-state index contributed by atoms with van der Waals surface area (Å²) in [5, 5.41) is 4.68. The Bertz CT molecular complexity index is 1480. The molecule has 0 radical (unpaired) electrons. The van der Waals surface area contributed by atoms with Crippen LogP contribution in [0.2, 0.25) is 0 Å². The second kappa shape index (κ2) is 5.39. The van der Waals surface area contributed by atoms with Gasteiger partial charge in [0.1, 0.15) is 0 Å². The van der Waals surface area contributed by atoms with E-state index in [2.05, 4.69) is 82.8 Å². The zero-order valence-electron chi connectivity index (χ0n) is 14.5. The molecular formula is C24H15N3. The van der Waals surface area contributed by atoms with Crippen molar-refractivity contribution in [2.45, 2.75) is 0 Å². The molecule has 0 atom stereocenters. The highest BCUT2D eigenvalue weighted by Crippen LogP contribution is 2.33. The first-order chi connectivity index (χ1) is 13.4. The van der Waals surface area contributed by atoms with E-state index in [4.69, 9.17) is 4.98 Å². The molecule has 6 rings (SSSR count). The van der Waals surface area contributed by atoms with Gasteiger partial charge in [-0.25, -0.2) is 4.98 Å². The van der Waals surface area contributed by atoms with Gasteiger partial charge in [0.15, 0.2) is 0 Å². The molecular weight excluding hydrogens is 330 g/mol. The number of aromatic nitrogens is 3. The predicted molar refractivity (Wildman–Crippen MR) is 112 cm³/mol. The summed E-state index contributed by atoms with van der Waals surface area (Å²) in [6.07, 6.45) is 1.82. The Hall–Kier alpha value is -3.72. The van der Waals surface area contributed by atoms with Crippen LogP contribution in [0.5, 0.6) is 0 Å². The molecule has 0 amide bonds. The lowest BCUT2D eigenvalue weighted by molar-refractivity contribution is 1.39. The maximum Gasteiger partial charge on any atom is 0.0803 e. The second-order valence-electron chi connectivity index (χ2n) is 6.80. The molecule has 27 heavy (non-hydrogen) atoms. The van der Waals surface area contributed by atoms with Crippen LogP contribution in [-0.2, 0) is 0 Å². The molecule has 0 bridgehead atoms. The lowest BCUT2D eigenvalue weighted by Gasteiger charge is -2.07. The van der Waals surface area contributed by atoms with Crippen LogP contribution < -0.4 is 0 Å². The van der Waals surface area contributed by atoms with Crippen molar-refractivity contribution in [3.05, 3.63) is 85.1 Å². The third-order valence-electron chi connectivity index (χ3n) is 5.26. The monoisotopic (exact) mass is 345 g/mol. The molecule has 1 N–H and O–H groups in total. The first-order valence-corrected chi connectivity index (χ1v) is 9.03. The average molecular weight is 345 g/mol. The molecule has 6 aromatic rings. The largest absolute Gasteiger partial charge is 0.354 e. The molecule has 126 valence electrons. The molecule has 3 aromatic carbocycles. The van der Waals surface area contributed by atoms with Gasteiger partial charge in [-0.05, 0) is 30.3 Å². The highest BCUT2D eigenvalue weighted by Gasteiger charge is 2.11. The Morgan fingerprint density at radius 2 is 1.52 bits per heavy atom. The van der Waals surface area contributed by atoms with Gasteiger partial charge in [-0.15, -0.1) is 0 Å². The first-order valence-electron chi connectivity index (χ1n) is 9.03. The highest BCUT2D eigenvalue weighted by molar-refractivity contribution is 6.12. The quantitative estimate of drug-likeness (QED) is 0.367. The molecule has 0 spiro atoms. The molecule has 0 saturated heterocycles. The van der Waals surface area contributed by atoms with E-state index >= 15 is 0 Å². The van der Waals surface area contributed by atoms with Crippen molar-refractivity contribution in [3.63, 3.8) is 0 Å². The minimum Gasteiger partial charge on any atom is -0.354 e. The Balaban J connectivity index is 1.69. The molecule has 0 aliphatic rings. The number of nitrogens with zero attached hydrogens (tertiary/aromatic N) is 2. The molecule has 0 aliphatic carbocycles. The number of H-pyrrole nitrogens is 1. The molecule has 0 unspecified atom stereocenters. The normalized spacial score (nSPS) is 11.7. The van der Waals surface area contributed by atoms with Crippen molar-refractivity contribution < 1.29 is 0 Å². The summed E-state index contributed by atoms with van der Waals surface area (Å²) in [6.45, 7) is 0. The number of nitrogens with one attached hydrogen (secondary N) is 1. The third kappa shape index (κ3) is 2.09. The lowest BCUT2D eigenvalue weighted by atomic mass is 10.0. The third-order valence-corrected chi connectivity index (χ3v) is 5.26. The van der Waals surface area contributed by atoms with Crippen molar-refractivity contribution in [3.8, 4) is 11.3 Å². The SMILES string of the molecule is c1ccc2c(c1)[nH]c1c(-c3ccc4ccc5ncccc5c4n3)cccc12. The van der Waals surface area contributed by atoms with Gasteiger partial charge in [0.2, 0.25) is 0 Å². The predicted octanol–water partition coefficient (Wildman–Crippen LogP) is 6.08. The summed E-state index contributed by atoms with van der Waals surface area (Å²) in [6, 6.07) is 27.3. The highest BCUT2D eigenvalue weighted by atomic mass is 14.7. The van der Waals surface area contributed by atoms with Crippen molar-refractivity contribution >= 4 is 43.6 Å². The van der Waals surface area contributed by atoms with Crippen LogP contribution in [0.3, 0.4) is 0 Å². The smallest absolute Gasteiger partial charge is 0.0803 e. The summed E-state index contributed by atoms with van der Waals surface area (Å²) in [4.78, 5) is 13.1. The minimum absolute atomic E-state index is 0.969. The van der Waals surface area contributed by atoms with E-state index in [0.717, 1.165) is 44.1 Å². The fourth-order valence-electron chi connectivity index (χ4n) is 3.98. The van der Waals surface area contributed by atoms with Gasteiger partial charge < -0.3 is 4.98 Å². The summed E-state index contributed by atoms with van der Waals surface area (Å²) in [5.74, 6) is 0. The van der Waals surface area contributed by atoms with Gasteiger partial charge in [-0.1, -0.05) is 48.5 Å². The molecule has 0 saturated carbocycles. The van der Waals surface area contributed by atoms with Crippen LogP contribution in [0.1, 0.15) is 0 Å². The summed E-state index contributed by atoms with van der Waals surface area (Å²) < 4.78 is 0. The van der Waals surface area contributed by atoms with Crippen LogP contribution in [0, 0.1) is 0 Å².